The first-order chi connectivity index (χ1) is 8.81. The van der Waals surface area contributed by atoms with E-state index in [9.17, 15) is 4.79 Å². The molecule has 0 bridgehead atoms. The van der Waals surface area contributed by atoms with Gasteiger partial charge in [-0.1, -0.05) is 30.3 Å². The van der Waals surface area contributed by atoms with Crippen LogP contribution in [-0.2, 0) is 21.0 Å². The third-order valence-corrected chi connectivity index (χ3v) is 3.04. The number of amides is 1. The van der Waals surface area contributed by atoms with Gasteiger partial charge in [-0.2, -0.15) is 0 Å². The van der Waals surface area contributed by atoms with Crippen LogP contribution in [0.2, 0.25) is 0 Å². The zero-order chi connectivity index (χ0) is 12.8. The van der Waals surface area contributed by atoms with Gasteiger partial charge in [0.2, 0.25) is 0 Å². The SMILES string of the molecule is CNC1COCC1C(=O)NOCc1ccccc1. The number of ether oxygens (including phenoxy) is 1. The summed E-state index contributed by atoms with van der Waals surface area (Å²) < 4.78 is 5.27. The van der Waals surface area contributed by atoms with Crippen LogP contribution >= 0.6 is 0 Å². The molecule has 0 aromatic heterocycles. The molecular formula is C13H18N2O3. The van der Waals surface area contributed by atoms with Crippen molar-refractivity contribution in [3.8, 4) is 0 Å². The second-order valence-electron chi connectivity index (χ2n) is 4.28. The summed E-state index contributed by atoms with van der Waals surface area (Å²) in [5.41, 5.74) is 3.50. The van der Waals surface area contributed by atoms with Crippen LogP contribution in [0.25, 0.3) is 0 Å². The Hall–Kier alpha value is -1.43. The lowest BCUT2D eigenvalue weighted by molar-refractivity contribution is -0.139. The second-order valence-corrected chi connectivity index (χ2v) is 4.28. The van der Waals surface area contributed by atoms with E-state index in [2.05, 4.69) is 10.8 Å². The van der Waals surface area contributed by atoms with Crippen molar-refractivity contribution >= 4 is 5.91 Å². The van der Waals surface area contributed by atoms with E-state index in [0.717, 1.165) is 5.56 Å². The molecule has 1 saturated heterocycles. The Kier molecular flexibility index (Phi) is 4.69. The van der Waals surface area contributed by atoms with Gasteiger partial charge in [0.05, 0.1) is 25.7 Å². The maximum atomic E-state index is 11.8. The van der Waals surface area contributed by atoms with Crippen LogP contribution in [-0.4, -0.2) is 32.2 Å². The van der Waals surface area contributed by atoms with Crippen LogP contribution in [0.1, 0.15) is 5.56 Å². The standard InChI is InChI=1S/C13H18N2O3/c1-14-12-9-17-8-11(12)13(16)15-18-7-10-5-3-2-4-6-10/h2-6,11-12,14H,7-9H2,1H3,(H,15,16). The molecule has 1 aromatic rings. The van der Waals surface area contributed by atoms with E-state index < -0.39 is 0 Å². The zero-order valence-corrected chi connectivity index (χ0v) is 10.4. The van der Waals surface area contributed by atoms with Crippen molar-refractivity contribution in [2.24, 2.45) is 5.92 Å². The van der Waals surface area contributed by atoms with E-state index in [0.29, 0.717) is 19.8 Å². The molecule has 0 spiro atoms. The molecule has 1 fully saturated rings. The molecule has 2 atom stereocenters. The average Bonchev–Trinajstić information content (AvgIpc) is 2.88. The monoisotopic (exact) mass is 250 g/mol. The fourth-order valence-corrected chi connectivity index (χ4v) is 1.94. The first-order valence-electron chi connectivity index (χ1n) is 6.02. The number of hydrogen-bond donors (Lipinski definition) is 2. The summed E-state index contributed by atoms with van der Waals surface area (Å²) in [4.78, 5) is 17.1. The molecule has 1 aliphatic heterocycles. The van der Waals surface area contributed by atoms with E-state index >= 15 is 0 Å². The van der Waals surface area contributed by atoms with Crippen molar-refractivity contribution in [3.63, 3.8) is 0 Å². The third kappa shape index (κ3) is 3.29. The van der Waals surface area contributed by atoms with Gasteiger partial charge in [0.1, 0.15) is 0 Å². The number of rotatable bonds is 5. The first kappa shape index (κ1) is 13.0. The Labute approximate surface area is 106 Å². The van der Waals surface area contributed by atoms with Crippen molar-refractivity contribution in [1.29, 1.82) is 0 Å². The van der Waals surface area contributed by atoms with Crippen LogP contribution in [0.5, 0.6) is 0 Å². The molecule has 0 aliphatic carbocycles. The molecular weight excluding hydrogens is 232 g/mol. The topological polar surface area (TPSA) is 59.6 Å². The van der Waals surface area contributed by atoms with E-state index in [1.165, 1.54) is 0 Å². The van der Waals surface area contributed by atoms with Crippen molar-refractivity contribution < 1.29 is 14.4 Å². The largest absolute Gasteiger partial charge is 0.379 e. The van der Waals surface area contributed by atoms with Crippen LogP contribution in [0.3, 0.4) is 0 Å². The number of carbonyl (C=O) groups excluding carboxylic acids is 1. The number of likely N-dealkylation sites (N-methyl/N-ethyl adjacent to an activating group) is 1. The summed E-state index contributed by atoms with van der Waals surface area (Å²) in [5, 5.41) is 3.06. The van der Waals surface area contributed by atoms with Gasteiger partial charge in [0, 0.05) is 6.04 Å². The fraction of sp³-hybridized carbons (Fsp3) is 0.462. The third-order valence-electron chi connectivity index (χ3n) is 3.04. The predicted octanol–water partition coefficient (Wildman–Crippen LogP) is 0.469. The van der Waals surface area contributed by atoms with Crippen molar-refractivity contribution in [1.82, 2.24) is 10.8 Å². The summed E-state index contributed by atoms with van der Waals surface area (Å²) in [5.74, 6) is -0.325. The minimum Gasteiger partial charge on any atom is -0.379 e. The molecule has 1 heterocycles. The van der Waals surface area contributed by atoms with Gasteiger partial charge in [-0.15, -0.1) is 0 Å². The highest BCUT2D eigenvalue weighted by Gasteiger charge is 2.33. The number of carbonyl (C=O) groups is 1. The summed E-state index contributed by atoms with van der Waals surface area (Å²) >= 11 is 0. The van der Waals surface area contributed by atoms with Gasteiger partial charge in [-0.3, -0.25) is 9.63 Å². The van der Waals surface area contributed by atoms with Crippen molar-refractivity contribution in [2.75, 3.05) is 20.3 Å². The van der Waals surface area contributed by atoms with Crippen molar-refractivity contribution in [2.45, 2.75) is 12.6 Å². The predicted molar refractivity (Wildman–Crippen MR) is 66.5 cm³/mol. The summed E-state index contributed by atoms with van der Waals surface area (Å²) in [6.07, 6.45) is 0. The first-order valence-corrected chi connectivity index (χ1v) is 6.02. The van der Waals surface area contributed by atoms with Gasteiger partial charge < -0.3 is 10.1 Å². The molecule has 1 aliphatic rings. The molecule has 2 rings (SSSR count). The highest BCUT2D eigenvalue weighted by atomic mass is 16.7. The minimum absolute atomic E-state index is 0.0605. The molecule has 5 heteroatoms. The van der Waals surface area contributed by atoms with Gasteiger partial charge in [0.25, 0.3) is 5.91 Å². The average molecular weight is 250 g/mol. The maximum absolute atomic E-state index is 11.8. The van der Waals surface area contributed by atoms with Gasteiger partial charge in [-0.05, 0) is 12.6 Å². The van der Waals surface area contributed by atoms with E-state index in [1.807, 2.05) is 37.4 Å². The maximum Gasteiger partial charge on any atom is 0.250 e. The Bertz CT molecular complexity index is 383. The van der Waals surface area contributed by atoms with Crippen LogP contribution in [0.4, 0.5) is 0 Å². The number of nitrogens with one attached hydrogen (secondary N) is 2. The Balaban J connectivity index is 1.75. The van der Waals surface area contributed by atoms with E-state index in [-0.39, 0.29) is 17.9 Å². The summed E-state index contributed by atoms with van der Waals surface area (Å²) in [7, 11) is 1.82. The minimum atomic E-state index is -0.189. The molecule has 2 unspecified atom stereocenters. The highest BCUT2D eigenvalue weighted by molar-refractivity contribution is 5.78. The molecule has 1 amide bonds. The van der Waals surface area contributed by atoms with E-state index in [1.54, 1.807) is 0 Å². The molecule has 18 heavy (non-hydrogen) atoms. The quantitative estimate of drug-likeness (QED) is 0.746. The number of hydroxylamine groups is 1. The lowest BCUT2D eigenvalue weighted by Crippen LogP contribution is -2.42. The van der Waals surface area contributed by atoms with Crippen LogP contribution < -0.4 is 10.8 Å². The molecule has 2 N–H and O–H groups in total. The second kappa shape index (κ2) is 6.49. The van der Waals surface area contributed by atoms with Gasteiger partial charge >= 0.3 is 0 Å². The van der Waals surface area contributed by atoms with Crippen molar-refractivity contribution in [3.05, 3.63) is 35.9 Å². The van der Waals surface area contributed by atoms with Crippen LogP contribution in [0, 0.1) is 5.92 Å². The molecule has 0 saturated carbocycles. The zero-order valence-electron chi connectivity index (χ0n) is 10.4. The normalized spacial score (nSPS) is 22.9. The van der Waals surface area contributed by atoms with Crippen LogP contribution in [0.15, 0.2) is 30.3 Å². The fourth-order valence-electron chi connectivity index (χ4n) is 1.94. The molecule has 0 radical (unpaired) electrons. The molecule has 1 aromatic carbocycles. The summed E-state index contributed by atoms with van der Waals surface area (Å²) in [6.45, 7) is 1.36. The molecule has 98 valence electrons. The Morgan fingerprint density at radius 3 is 2.89 bits per heavy atom. The highest BCUT2D eigenvalue weighted by Crippen LogP contribution is 2.13. The summed E-state index contributed by atoms with van der Waals surface area (Å²) in [6, 6.07) is 9.76. The Morgan fingerprint density at radius 1 is 1.39 bits per heavy atom. The number of hydrogen-bond acceptors (Lipinski definition) is 4. The van der Waals surface area contributed by atoms with Gasteiger partial charge in [0.15, 0.2) is 0 Å². The Morgan fingerprint density at radius 2 is 2.17 bits per heavy atom. The number of benzene rings is 1. The van der Waals surface area contributed by atoms with E-state index in [4.69, 9.17) is 9.57 Å². The smallest absolute Gasteiger partial charge is 0.250 e. The lowest BCUT2D eigenvalue weighted by atomic mass is 10.0. The van der Waals surface area contributed by atoms with Gasteiger partial charge in [-0.25, -0.2) is 5.48 Å². The lowest BCUT2D eigenvalue weighted by Gasteiger charge is -2.16. The molecule has 5 nitrogen and oxygen atoms in total.